The second-order valence-electron chi connectivity index (χ2n) is 8.67. The van der Waals surface area contributed by atoms with E-state index in [2.05, 4.69) is 29.7 Å². The average molecular weight is 550 g/mol. The predicted octanol–water partition coefficient (Wildman–Crippen LogP) is 4.50. The largest absolute Gasteiger partial charge is 0.396 e. The van der Waals surface area contributed by atoms with Crippen LogP contribution >= 0.6 is 35.6 Å². The molecule has 1 atom stereocenters. The van der Waals surface area contributed by atoms with Gasteiger partial charge in [-0.25, -0.2) is 0 Å². The SMILES string of the molecule is CCNC(=NCC1(CCO)CCOC1)NCC1(c2ccc(Cl)cc2)CCCCC1.I. The molecule has 1 aliphatic carbocycles. The summed E-state index contributed by atoms with van der Waals surface area (Å²) in [5.74, 6) is 0.857. The van der Waals surface area contributed by atoms with Crippen LogP contribution in [-0.2, 0) is 10.2 Å². The molecule has 1 aliphatic heterocycles. The van der Waals surface area contributed by atoms with E-state index >= 15 is 0 Å². The van der Waals surface area contributed by atoms with E-state index in [9.17, 15) is 5.11 Å². The van der Waals surface area contributed by atoms with Crippen molar-refractivity contribution in [3.8, 4) is 0 Å². The first-order valence-corrected chi connectivity index (χ1v) is 11.5. The van der Waals surface area contributed by atoms with Crippen LogP contribution in [0.5, 0.6) is 0 Å². The van der Waals surface area contributed by atoms with E-state index in [1.807, 2.05) is 12.1 Å². The molecule has 170 valence electrons. The minimum atomic E-state index is -0.0319. The van der Waals surface area contributed by atoms with E-state index < -0.39 is 0 Å². The molecule has 1 aromatic rings. The number of halogens is 2. The van der Waals surface area contributed by atoms with Gasteiger partial charge in [-0.3, -0.25) is 4.99 Å². The summed E-state index contributed by atoms with van der Waals surface area (Å²) in [5.41, 5.74) is 1.46. The van der Waals surface area contributed by atoms with Crippen molar-refractivity contribution in [2.24, 2.45) is 10.4 Å². The van der Waals surface area contributed by atoms with Crippen LogP contribution in [0.3, 0.4) is 0 Å². The first-order valence-electron chi connectivity index (χ1n) is 11.1. The van der Waals surface area contributed by atoms with Gasteiger partial charge in [-0.1, -0.05) is 43.0 Å². The van der Waals surface area contributed by atoms with E-state index in [1.54, 1.807) is 0 Å². The number of ether oxygens (including phenoxy) is 1. The molecular formula is C23H37ClIN3O2. The van der Waals surface area contributed by atoms with Gasteiger partial charge in [-0.15, -0.1) is 24.0 Å². The van der Waals surface area contributed by atoms with Crippen LogP contribution in [0.4, 0.5) is 0 Å². The van der Waals surface area contributed by atoms with Crippen LogP contribution < -0.4 is 10.6 Å². The molecule has 3 rings (SSSR count). The summed E-state index contributed by atoms with van der Waals surface area (Å²) in [6, 6.07) is 8.38. The Morgan fingerprint density at radius 1 is 1.13 bits per heavy atom. The summed E-state index contributed by atoms with van der Waals surface area (Å²) in [6.45, 7) is 6.09. The fourth-order valence-corrected chi connectivity index (χ4v) is 4.85. The van der Waals surface area contributed by atoms with Crippen molar-refractivity contribution in [3.05, 3.63) is 34.9 Å². The molecule has 1 aromatic carbocycles. The quantitative estimate of drug-likeness (QED) is 0.254. The normalized spacial score (nSPS) is 23.6. The van der Waals surface area contributed by atoms with Crippen LogP contribution in [0.2, 0.25) is 5.02 Å². The maximum atomic E-state index is 9.47. The van der Waals surface area contributed by atoms with Crippen molar-refractivity contribution in [1.82, 2.24) is 10.6 Å². The Labute approximate surface area is 203 Å². The van der Waals surface area contributed by atoms with Crippen molar-refractivity contribution < 1.29 is 9.84 Å². The Balaban J connectivity index is 0.00000320. The molecule has 0 amide bonds. The van der Waals surface area contributed by atoms with Gasteiger partial charge in [0.25, 0.3) is 0 Å². The van der Waals surface area contributed by atoms with Gasteiger partial charge in [0.15, 0.2) is 5.96 Å². The third-order valence-electron chi connectivity index (χ3n) is 6.61. The molecule has 2 aliphatic rings. The highest BCUT2D eigenvalue weighted by Gasteiger charge is 2.35. The Morgan fingerprint density at radius 2 is 1.87 bits per heavy atom. The van der Waals surface area contributed by atoms with Crippen LogP contribution in [0.1, 0.15) is 57.4 Å². The zero-order chi connectivity index (χ0) is 20.6. The number of aliphatic imine (C=N–C) groups is 1. The van der Waals surface area contributed by atoms with Gasteiger partial charge in [-0.05, 0) is 50.3 Å². The summed E-state index contributed by atoms with van der Waals surface area (Å²) >= 11 is 6.13. The van der Waals surface area contributed by atoms with Crippen LogP contribution in [0.25, 0.3) is 0 Å². The summed E-state index contributed by atoms with van der Waals surface area (Å²) in [7, 11) is 0. The molecule has 1 saturated heterocycles. The van der Waals surface area contributed by atoms with Gasteiger partial charge in [-0.2, -0.15) is 0 Å². The van der Waals surface area contributed by atoms with E-state index in [-0.39, 0.29) is 41.4 Å². The Morgan fingerprint density at radius 3 is 2.47 bits per heavy atom. The minimum absolute atomic E-state index is 0. The second-order valence-corrected chi connectivity index (χ2v) is 9.11. The van der Waals surface area contributed by atoms with Crippen LogP contribution in [0.15, 0.2) is 29.3 Å². The highest BCUT2D eigenvalue weighted by atomic mass is 127. The Kier molecular flexibility index (Phi) is 10.7. The van der Waals surface area contributed by atoms with Crippen molar-refractivity contribution in [2.75, 3.05) is 39.5 Å². The third kappa shape index (κ3) is 6.71. The molecule has 1 heterocycles. The van der Waals surface area contributed by atoms with Gasteiger partial charge in [0.1, 0.15) is 0 Å². The fourth-order valence-electron chi connectivity index (χ4n) is 4.73. The third-order valence-corrected chi connectivity index (χ3v) is 6.86. The van der Waals surface area contributed by atoms with Crippen LogP contribution in [0, 0.1) is 5.41 Å². The zero-order valence-corrected chi connectivity index (χ0v) is 21.2. The van der Waals surface area contributed by atoms with Gasteiger partial charge in [0.2, 0.25) is 0 Å². The summed E-state index contributed by atoms with van der Waals surface area (Å²) < 4.78 is 5.61. The molecule has 30 heavy (non-hydrogen) atoms. The standard InChI is InChI=1S/C23H36ClN3O2.HI/c1-2-25-21(26-16-22(12-14-28)13-15-29-18-22)27-17-23(10-4-3-5-11-23)19-6-8-20(24)9-7-19;/h6-9,28H,2-5,10-18H2,1H3,(H2,25,26,27);1H. The monoisotopic (exact) mass is 549 g/mol. The number of nitrogens with zero attached hydrogens (tertiary/aromatic N) is 1. The van der Waals surface area contributed by atoms with E-state index in [0.717, 1.165) is 43.5 Å². The number of aliphatic hydroxyl groups is 1. The molecule has 0 aromatic heterocycles. The smallest absolute Gasteiger partial charge is 0.191 e. The van der Waals surface area contributed by atoms with Gasteiger partial charge < -0.3 is 20.5 Å². The van der Waals surface area contributed by atoms with Crippen molar-refractivity contribution in [1.29, 1.82) is 0 Å². The summed E-state index contributed by atoms with van der Waals surface area (Å²) in [5, 5.41) is 17.3. The van der Waals surface area contributed by atoms with Crippen LogP contribution in [-0.4, -0.2) is 50.5 Å². The van der Waals surface area contributed by atoms with E-state index in [0.29, 0.717) is 13.2 Å². The maximum Gasteiger partial charge on any atom is 0.191 e. The lowest BCUT2D eigenvalue weighted by molar-refractivity contribution is 0.131. The van der Waals surface area contributed by atoms with Crippen molar-refractivity contribution in [2.45, 2.75) is 57.3 Å². The number of hydrogen-bond acceptors (Lipinski definition) is 3. The average Bonchev–Trinajstić information content (AvgIpc) is 3.20. The molecule has 2 fully saturated rings. The van der Waals surface area contributed by atoms with Gasteiger partial charge in [0, 0.05) is 42.2 Å². The predicted molar refractivity (Wildman–Crippen MR) is 135 cm³/mol. The molecule has 7 heteroatoms. The lowest BCUT2D eigenvalue weighted by Gasteiger charge is -2.38. The number of nitrogens with one attached hydrogen (secondary N) is 2. The number of benzene rings is 1. The van der Waals surface area contributed by atoms with Gasteiger partial charge in [0.05, 0.1) is 13.2 Å². The fraction of sp³-hybridized carbons (Fsp3) is 0.696. The Hall–Kier alpha value is -0.570. The first kappa shape index (κ1) is 25.7. The highest BCUT2D eigenvalue weighted by Crippen LogP contribution is 2.39. The lowest BCUT2D eigenvalue weighted by atomic mass is 9.69. The van der Waals surface area contributed by atoms with Crippen molar-refractivity contribution >= 4 is 41.5 Å². The van der Waals surface area contributed by atoms with Crippen molar-refractivity contribution in [3.63, 3.8) is 0 Å². The molecule has 1 unspecified atom stereocenters. The number of hydrogen-bond donors (Lipinski definition) is 3. The number of rotatable bonds is 8. The molecular weight excluding hydrogens is 513 g/mol. The zero-order valence-electron chi connectivity index (χ0n) is 18.1. The van der Waals surface area contributed by atoms with E-state index in [4.69, 9.17) is 21.3 Å². The topological polar surface area (TPSA) is 65.9 Å². The lowest BCUT2D eigenvalue weighted by Crippen LogP contribution is -2.47. The molecule has 3 N–H and O–H groups in total. The summed E-state index contributed by atoms with van der Waals surface area (Å²) in [6.07, 6.45) is 7.90. The molecule has 0 bridgehead atoms. The number of aliphatic hydroxyl groups excluding tert-OH is 1. The molecule has 5 nitrogen and oxygen atoms in total. The Bertz CT molecular complexity index is 657. The molecule has 0 radical (unpaired) electrons. The second kappa shape index (κ2) is 12.5. The maximum absolute atomic E-state index is 9.47. The highest BCUT2D eigenvalue weighted by molar-refractivity contribution is 14.0. The van der Waals surface area contributed by atoms with E-state index in [1.165, 1.54) is 37.7 Å². The van der Waals surface area contributed by atoms with Gasteiger partial charge >= 0.3 is 0 Å². The number of guanidine groups is 1. The summed E-state index contributed by atoms with van der Waals surface area (Å²) in [4.78, 5) is 4.89. The molecule has 1 saturated carbocycles. The first-order chi connectivity index (χ1) is 14.1. The minimum Gasteiger partial charge on any atom is -0.396 e. The molecule has 0 spiro atoms.